The zero-order chi connectivity index (χ0) is 23.1. The number of methoxy groups -OCH3 is 1. The molecule has 7 nitrogen and oxygen atoms in total. The van der Waals surface area contributed by atoms with Gasteiger partial charge in [0.2, 0.25) is 0 Å². The Morgan fingerprint density at radius 2 is 1.81 bits per heavy atom. The highest BCUT2D eigenvalue weighted by atomic mass is 35.5. The highest BCUT2D eigenvalue weighted by Crippen LogP contribution is 2.31. The molecular formula is C23H21ClN2O5S. The summed E-state index contributed by atoms with van der Waals surface area (Å²) in [5.74, 6) is -0.571. The fourth-order valence-electron chi connectivity index (χ4n) is 3.55. The third kappa shape index (κ3) is 3.85. The lowest BCUT2D eigenvalue weighted by Crippen LogP contribution is -2.36. The Morgan fingerprint density at radius 3 is 2.56 bits per heavy atom. The van der Waals surface area contributed by atoms with E-state index in [4.69, 9.17) is 21.1 Å². The average molecular weight is 473 g/mol. The molecule has 166 valence electrons. The molecule has 9 heteroatoms. The second-order valence-electron chi connectivity index (χ2n) is 7.71. The lowest BCUT2D eigenvalue weighted by molar-refractivity contribution is -0.166. The van der Waals surface area contributed by atoms with Gasteiger partial charge >= 0.3 is 5.97 Å². The molecule has 2 aromatic heterocycles. The van der Waals surface area contributed by atoms with Crippen LogP contribution in [-0.2, 0) is 30.9 Å². The minimum absolute atomic E-state index is 0.150. The van der Waals surface area contributed by atoms with Crippen molar-refractivity contribution in [3.8, 4) is 0 Å². The molecular weight excluding hydrogens is 452 g/mol. The molecule has 2 aromatic carbocycles. The summed E-state index contributed by atoms with van der Waals surface area (Å²) in [7, 11) is -2.78. The van der Waals surface area contributed by atoms with E-state index >= 15 is 0 Å². The van der Waals surface area contributed by atoms with Crippen LogP contribution in [0.2, 0.25) is 5.15 Å². The van der Waals surface area contributed by atoms with E-state index in [9.17, 15) is 13.2 Å². The summed E-state index contributed by atoms with van der Waals surface area (Å²) in [5, 5.41) is 1.64. The number of carbonyl (C=O) groups is 1. The predicted molar refractivity (Wildman–Crippen MR) is 122 cm³/mol. The van der Waals surface area contributed by atoms with E-state index in [1.165, 1.54) is 17.1 Å². The van der Waals surface area contributed by atoms with Crippen LogP contribution in [0, 0.1) is 0 Å². The zero-order valence-corrected chi connectivity index (χ0v) is 19.3. The van der Waals surface area contributed by atoms with Gasteiger partial charge in [0.1, 0.15) is 5.15 Å². The van der Waals surface area contributed by atoms with Crippen molar-refractivity contribution >= 4 is 49.4 Å². The number of esters is 1. The normalized spacial score (nSPS) is 12.4. The standard InChI is InChI=1S/C23H21ClN2O5S/c1-23(2,22(27)30-3)31-14-16-13-18-19(11-12-21(24)25-18)26(16)32(28,29)20-10-6-8-15-7-4-5-9-17(15)20/h4-13H,14H2,1-3H3. The van der Waals surface area contributed by atoms with Gasteiger partial charge in [-0.1, -0.05) is 48.0 Å². The van der Waals surface area contributed by atoms with Crippen LogP contribution in [0.25, 0.3) is 21.8 Å². The molecule has 0 unspecified atom stereocenters. The third-order valence-corrected chi connectivity index (χ3v) is 7.21. The van der Waals surface area contributed by atoms with Gasteiger partial charge < -0.3 is 9.47 Å². The van der Waals surface area contributed by atoms with Crippen LogP contribution >= 0.6 is 11.6 Å². The molecule has 32 heavy (non-hydrogen) atoms. The summed E-state index contributed by atoms with van der Waals surface area (Å²) >= 11 is 6.04. The number of benzene rings is 2. The number of nitrogens with zero attached hydrogens (tertiary/aromatic N) is 2. The van der Waals surface area contributed by atoms with Gasteiger partial charge in [-0.25, -0.2) is 22.2 Å². The van der Waals surface area contributed by atoms with Crippen molar-refractivity contribution in [1.82, 2.24) is 8.96 Å². The minimum Gasteiger partial charge on any atom is -0.467 e. The third-order valence-electron chi connectivity index (χ3n) is 5.18. The molecule has 0 aliphatic rings. The van der Waals surface area contributed by atoms with Gasteiger partial charge in [0.05, 0.1) is 35.3 Å². The fraction of sp³-hybridized carbons (Fsp3) is 0.217. The van der Waals surface area contributed by atoms with Crippen LogP contribution < -0.4 is 0 Å². The van der Waals surface area contributed by atoms with Crippen LogP contribution in [0.1, 0.15) is 19.5 Å². The maximum atomic E-state index is 13.9. The summed E-state index contributed by atoms with van der Waals surface area (Å²) in [6, 6.07) is 17.1. The molecule has 0 saturated heterocycles. The SMILES string of the molecule is COC(=O)C(C)(C)OCc1cc2nc(Cl)ccc2n1S(=O)(=O)c1cccc2ccccc12. The number of ether oxygens (including phenoxy) is 2. The van der Waals surface area contributed by atoms with Gasteiger partial charge in [-0.05, 0) is 43.5 Å². The second-order valence-corrected chi connectivity index (χ2v) is 9.85. The highest BCUT2D eigenvalue weighted by molar-refractivity contribution is 7.90. The van der Waals surface area contributed by atoms with Crippen LogP contribution in [-0.4, -0.2) is 36.1 Å². The Morgan fingerprint density at radius 1 is 1.09 bits per heavy atom. The monoisotopic (exact) mass is 472 g/mol. The van der Waals surface area contributed by atoms with Crippen molar-refractivity contribution in [1.29, 1.82) is 0 Å². The zero-order valence-electron chi connectivity index (χ0n) is 17.7. The molecule has 4 aromatic rings. The molecule has 0 spiro atoms. The summed E-state index contributed by atoms with van der Waals surface area (Å²) in [6.45, 7) is 2.94. The quantitative estimate of drug-likeness (QED) is 0.302. The summed E-state index contributed by atoms with van der Waals surface area (Å²) in [6.07, 6.45) is 0. The van der Waals surface area contributed by atoms with Gasteiger partial charge in [0, 0.05) is 5.39 Å². The number of fused-ring (bicyclic) bond motifs is 2. The van der Waals surface area contributed by atoms with E-state index in [0.717, 1.165) is 5.39 Å². The summed E-state index contributed by atoms with van der Waals surface area (Å²) in [5.41, 5.74) is -0.211. The molecule has 0 saturated carbocycles. The van der Waals surface area contributed by atoms with Gasteiger partial charge in [-0.2, -0.15) is 0 Å². The number of aromatic nitrogens is 2. The highest BCUT2D eigenvalue weighted by Gasteiger charge is 2.32. The van der Waals surface area contributed by atoms with Gasteiger partial charge in [-0.15, -0.1) is 0 Å². The molecule has 0 aliphatic carbocycles. The Labute approximate surface area is 190 Å². The van der Waals surface area contributed by atoms with E-state index in [0.29, 0.717) is 22.1 Å². The first kappa shape index (κ1) is 22.3. The van der Waals surface area contributed by atoms with Crippen molar-refractivity contribution in [2.75, 3.05) is 7.11 Å². The Hall–Kier alpha value is -2.94. The minimum atomic E-state index is -4.05. The van der Waals surface area contributed by atoms with Crippen molar-refractivity contribution in [3.63, 3.8) is 0 Å². The Balaban J connectivity index is 1.90. The van der Waals surface area contributed by atoms with Crippen LogP contribution in [0.5, 0.6) is 0 Å². The number of halogens is 1. The molecule has 0 fully saturated rings. The van der Waals surface area contributed by atoms with Crippen LogP contribution in [0.4, 0.5) is 0 Å². The first-order chi connectivity index (χ1) is 15.1. The van der Waals surface area contributed by atoms with Gasteiger partial charge in [0.25, 0.3) is 10.0 Å². The van der Waals surface area contributed by atoms with E-state index in [2.05, 4.69) is 4.98 Å². The lowest BCUT2D eigenvalue weighted by atomic mass is 10.1. The van der Waals surface area contributed by atoms with Crippen LogP contribution in [0.15, 0.2) is 65.6 Å². The Kier molecular flexibility index (Phi) is 5.70. The summed E-state index contributed by atoms with van der Waals surface area (Å²) in [4.78, 5) is 16.4. The predicted octanol–water partition coefficient (Wildman–Crippen LogP) is 4.55. The van der Waals surface area contributed by atoms with Crippen molar-refractivity contribution < 1.29 is 22.7 Å². The maximum Gasteiger partial charge on any atom is 0.337 e. The first-order valence-electron chi connectivity index (χ1n) is 9.78. The summed E-state index contributed by atoms with van der Waals surface area (Å²) < 4.78 is 39.5. The average Bonchev–Trinajstić information content (AvgIpc) is 3.15. The van der Waals surface area contributed by atoms with Crippen molar-refractivity contribution in [2.24, 2.45) is 0 Å². The molecule has 0 radical (unpaired) electrons. The molecule has 0 N–H and O–H groups in total. The molecule has 0 bridgehead atoms. The second kappa shape index (κ2) is 8.20. The molecule has 0 amide bonds. The molecule has 4 rings (SSSR count). The molecule has 0 atom stereocenters. The number of carbonyl (C=O) groups excluding carboxylic acids is 1. The van der Waals surface area contributed by atoms with Crippen molar-refractivity contribution in [2.45, 2.75) is 31.0 Å². The van der Waals surface area contributed by atoms with Crippen molar-refractivity contribution in [3.05, 3.63) is 71.5 Å². The van der Waals surface area contributed by atoms with E-state index in [-0.39, 0.29) is 16.7 Å². The van der Waals surface area contributed by atoms with Crippen LogP contribution in [0.3, 0.4) is 0 Å². The van der Waals surface area contributed by atoms with E-state index < -0.39 is 21.6 Å². The topological polar surface area (TPSA) is 87.5 Å². The van der Waals surface area contributed by atoms with E-state index in [1.54, 1.807) is 50.2 Å². The van der Waals surface area contributed by atoms with Gasteiger partial charge in [-0.3, -0.25) is 0 Å². The molecule has 0 aliphatic heterocycles. The number of hydrogen-bond acceptors (Lipinski definition) is 6. The number of rotatable bonds is 6. The lowest BCUT2D eigenvalue weighted by Gasteiger charge is -2.22. The molecule has 2 heterocycles. The van der Waals surface area contributed by atoms with E-state index in [1.807, 2.05) is 18.2 Å². The number of hydrogen-bond donors (Lipinski definition) is 0. The maximum absolute atomic E-state index is 13.9. The first-order valence-corrected chi connectivity index (χ1v) is 11.6. The number of pyridine rings is 1. The fourth-order valence-corrected chi connectivity index (χ4v) is 5.45. The largest absolute Gasteiger partial charge is 0.467 e. The van der Waals surface area contributed by atoms with Gasteiger partial charge in [0.15, 0.2) is 5.60 Å². The Bertz CT molecular complexity index is 1440. The smallest absolute Gasteiger partial charge is 0.337 e.